The van der Waals surface area contributed by atoms with Gasteiger partial charge in [0.05, 0.1) is 23.3 Å². The highest BCUT2D eigenvalue weighted by molar-refractivity contribution is 5.95. The summed E-state index contributed by atoms with van der Waals surface area (Å²) in [7, 11) is 0. The molecule has 0 unspecified atom stereocenters. The number of fused-ring (bicyclic) bond motifs is 3. The molecule has 3 heterocycles. The summed E-state index contributed by atoms with van der Waals surface area (Å²) < 4.78 is 6.70. The zero-order valence-electron chi connectivity index (χ0n) is 12.5. The lowest BCUT2D eigenvalue weighted by Crippen LogP contribution is -2.11. The van der Waals surface area contributed by atoms with Crippen molar-refractivity contribution < 1.29 is 9.53 Å². The van der Waals surface area contributed by atoms with Crippen molar-refractivity contribution in [2.24, 2.45) is 0 Å². The maximum absolute atomic E-state index is 11.9. The highest BCUT2D eigenvalue weighted by Gasteiger charge is 2.18. The number of carbonyl (C=O) groups is 1. The van der Waals surface area contributed by atoms with Gasteiger partial charge in [-0.2, -0.15) is 0 Å². The molecule has 0 aliphatic heterocycles. The maximum Gasteiger partial charge on any atom is 0.341 e. The minimum atomic E-state index is -0.384. The van der Waals surface area contributed by atoms with Crippen LogP contribution in [0.25, 0.3) is 16.7 Å². The summed E-state index contributed by atoms with van der Waals surface area (Å²) in [5.41, 5.74) is 4.46. The number of ether oxygens (including phenoxy) is 1. The summed E-state index contributed by atoms with van der Waals surface area (Å²) in [6.07, 6.45) is 1.54. The number of rotatable bonds is 2. The van der Waals surface area contributed by atoms with Gasteiger partial charge >= 0.3 is 5.97 Å². The second kappa shape index (κ2) is 4.80. The molecule has 0 saturated carbocycles. The number of esters is 1. The van der Waals surface area contributed by atoms with E-state index < -0.39 is 0 Å². The molecule has 0 aliphatic rings. The fourth-order valence-corrected chi connectivity index (χ4v) is 2.51. The number of hydrogen-bond acceptors (Lipinski definition) is 5. The molecule has 0 radical (unpaired) electrons. The standard InChI is InChI=1S/C15H16N4O2/c1-5-21-15(20)11-7-16-14-12-8(2)6-9(3)17-13(12)18-19(14)10(11)4/h6-7H,5H2,1-4H3. The van der Waals surface area contributed by atoms with Gasteiger partial charge in [-0.1, -0.05) is 0 Å². The van der Waals surface area contributed by atoms with Crippen LogP contribution in [-0.4, -0.2) is 32.2 Å². The third kappa shape index (κ3) is 2.03. The number of pyridine rings is 1. The van der Waals surface area contributed by atoms with Crippen LogP contribution in [0.1, 0.15) is 34.2 Å². The molecule has 6 heteroatoms. The summed E-state index contributed by atoms with van der Waals surface area (Å²) in [5.74, 6) is -0.384. The van der Waals surface area contributed by atoms with Crippen LogP contribution < -0.4 is 0 Å². The lowest BCUT2D eigenvalue weighted by molar-refractivity contribution is 0.0524. The first kappa shape index (κ1) is 13.5. The van der Waals surface area contributed by atoms with Gasteiger partial charge in [-0.3, -0.25) is 0 Å². The van der Waals surface area contributed by atoms with Gasteiger partial charge < -0.3 is 4.74 Å². The summed E-state index contributed by atoms with van der Waals surface area (Å²) >= 11 is 0. The monoisotopic (exact) mass is 284 g/mol. The molecule has 0 atom stereocenters. The molecule has 0 saturated heterocycles. The Morgan fingerprint density at radius 3 is 2.81 bits per heavy atom. The highest BCUT2D eigenvalue weighted by Crippen LogP contribution is 2.23. The third-order valence-corrected chi connectivity index (χ3v) is 3.46. The number of carbonyl (C=O) groups excluding carboxylic acids is 1. The van der Waals surface area contributed by atoms with E-state index in [9.17, 15) is 4.79 Å². The molecule has 3 aromatic heterocycles. The van der Waals surface area contributed by atoms with Gasteiger partial charge in [0.2, 0.25) is 0 Å². The molecule has 0 aliphatic carbocycles. The molecular formula is C15H16N4O2. The van der Waals surface area contributed by atoms with E-state index in [1.807, 2.05) is 26.8 Å². The van der Waals surface area contributed by atoms with Crippen molar-refractivity contribution in [3.05, 3.63) is 34.8 Å². The lowest BCUT2D eigenvalue weighted by atomic mass is 10.2. The lowest BCUT2D eigenvalue weighted by Gasteiger charge is -2.06. The topological polar surface area (TPSA) is 69.4 Å². The van der Waals surface area contributed by atoms with Crippen LogP contribution in [-0.2, 0) is 4.74 Å². The van der Waals surface area contributed by atoms with Gasteiger partial charge in [-0.05, 0) is 39.3 Å². The van der Waals surface area contributed by atoms with Crippen molar-refractivity contribution >= 4 is 22.6 Å². The Kier molecular flexibility index (Phi) is 3.08. The minimum absolute atomic E-state index is 0.331. The van der Waals surface area contributed by atoms with Crippen LogP contribution in [0.2, 0.25) is 0 Å². The Bertz CT molecular complexity index is 867. The Morgan fingerprint density at radius 2 is 2.10 bits per heavy atom. The normalized spacial score (nSPS) is 11.2. The number of nitrogens with zero attached hydrogens (tertiary/aromatic N) is 4. The fraction of sp³-hybridized carbons (Fsp3) is 0.333. The predicted octanol–water partition coefficient (Wildman–Crippen LogP) is 2.38. The Morgan fingerprint density at radius 1 is 1.33 bits per heavy atom. The van der Waals surface area contributed by atoms with Crippen molar-refractivity contribution in [1.82, 2.24) is 19.6 Å². The Labute approximate surface area is 121 Å². The highest BCUT2D eigenvalue weighted by atomic mass is 16.5. The molecule has 0 amide bonds. The summed E-state index contributed by atoms with van der Waals surface area (Å²) in [5, 5.41) is 5.39. The van der Waals surface area contributed by atoms with E-state index in [4.69, 9.17) is 4.74 Å². The zero-order chi connectivity index (χ0) is 15.1. The van der Waals surface area contributed by atoms with Crippen molar-refractivity contribution in [3.8, 4) is 0 Å². The minimum Gasteiger partial charge on any atom is -0.462 e. The first-order valence-corrected chi connectivity index (χ1v) is 6.82. The fourth-order valence-electron chi connectivity index (χ4n) is 2.51. The van der Waals surface area contributed by atoms with E-state index in [1.54, 1.807) is 17.6 Å². The van der Waals surface area contributed by atoms with Crippen LogP contribution in [0, 0.1) is 20.8 Å². The van der Waals surface area contributed by atoms with Gasteiger partial charge in [0, 0.05) is 11.9 Å². The van der Waals surface area contributed by atoms with E-state index in [2.05, 4.69) is 15.1 Å². The number of aromatic nitrogens is 4. The molecule has 108 valence electrons. The van der Waals surface area contributed by atoms with E-state index in [-0.39, 0.29) is 5.97 Å². The van der Waals surface area contributed by atoms with Crippen LogP contribution in [0.5, 0.6) is 0 Å². The van der Waals surface area contributed by atoms with Gasteiger partial charge in [0.25, 0.3) is 0 Å². The quantitative estimate of drug-likeness (QED) is 0.676. The van der Waals surface area contributed by atoms with Crippen LogP contribution in [0.3, 0.4) is 0 Å². The smallest absolute Gasteiger partial charge is 0.341 e. The zero-order valence-corrected chi connectivity index (χ0v) is 12.5. The SMILES string of the molecule is CCOC(=O)c1cnc2c3c(C)cc(C)nc3nn2c1C. The first-order valence-electron chi connectivity index (χ1n) is 6.82. The number of hydrogen-bond donors (Lipinski definition) is 0. The molecule has 21 heavy (non-hydrogen) atoms. The van der Waals surface area contributed by atoms with Crippen LogP contribution in [0.4, 0.5) is 0 Å². The van der Waals surface area contributed by atoms with Crippen LogP contribution in [0.15, 0.2) is 12.3 Å². The second-order valence-electron chi connectivity index (χ2n) is 4.99. The molecule has 0 bridgehead atoms. The van der Waals surface area contributed by atoms with Crippen molar-refractivity contribution in [1.29, 1.82) is 0 Å². The molecule has 3 rings (SSSR count). The van der Waals surface area contributed by atoms with Gasteiger partial charge in [-0.15, -0.1) is 5.10 Å². The molecule has 0 aromatic carbocycles. The molecule has 0 spiro atoms. The average Bonchev–Trinajstić information content (AvgIpc) is 2.78. The molecule has 0 N–H and O–H groups in total. The molecule has 0 fully saturated rings. The Balaban J connectivity index is 2.32. The van der Waals surface area contributed by atoms with Gasteiger partial charge in [-0.25, -0.2) is 19.3 Å². The molecular weight excluding hydrogens is 268 g/mol. The summed E-state index contributed by atoms with van der Waals surface area (Å²) in [6, 6.07) is 2.00. The Hall–Kier alpha value is -2.50. The number of aryl methyl sites for hydroxylation is 3. The van der Waals surface area contributed by atoms with E-state index >= 15 is 0 Å². The third-order valence-electron chi connectivity index (χ3n) is 3.46. The van der Waals surface area contributed by atoms with Crippen molar-refractivity contribution in [2.75, 3.05) is 6.61 Å². The maximum atomic E-state index is 11.9. The summed E-state index contributed by atoms with van der Waals surface area (Å²) in [6.45, 7) is 7.87. The second-order valence-corrected chi connectivity index (χ2v) is 4.99. The average molecular weight is 284 g/mol. The van der Waals surface area contributed by atoms with Gasteiger partial charge in [0.1, 0.15) is 0 Å². The molecule has 3 aromatic rings. The summed E-state index contributed by atoms with van der Waals surface area (Å²) in [4.78, 5) is 20.7. The van der Waals surface area contributed by atoms with Gasteiger partial charge in [0.15, 0.2) is 11.3 Å². The van der Waals surface area contributed by atoms with Crippen molar-refractivity contribution in [3.63, 3.8) is 0 Å². The van der Waals surface area contributed by atoms with E-state index in [0.717, 1.165) is 16.6 Å². The largest absolute Gasteiger partial charge is 0.462 e. The predicted molar refractivity (Wildman–Crippen MR) is 78.5 cm³/mol. The van der Waals surface area contributed by atoms with Crippen LogP contribution >= 0.6 is 0 Å². The first-order chi connectivity index (χ1) is 10.0. The van der Waals surface area contributed by atoms with E-state index in [0.29, 0.717) is 29.2 Å². The van der Waals surface area contributed by atoms with E-state index in [1.165, 1.54) is 0 Å². The van der Waals surface area contributed by atoms with Crippen molar-refractivity contribution in [2.45, 2.75) is 27.7 Å². The molecule has 6 nitrogen and oxygen atoms in total.